The van der Waals surface area contributed by atoms with E-state index in [1.54, 1.807) is 0 Å². The van der Waals surface area contributed by atoms with E-state index in [-0.39, 0.29) is 0 Å². The summed E-state index contributed by atoms with van der Waals surface area (Å²) in [5.41, 5.74) is 2.45. The van der Waals surface area contributed by atoms with E-state index >= 15 is 0 Å². The smallest absolute Gasteiger partial charge is 0.230 e. The van der Waals surface area contributed by atoms with Gasteiger partial charge in [0.25, 0.3) is 0 Å². The van der Waals surface area contributed by atoms with Crippen molar-refractivity contribution in [1.82, 2.24) is 0 Å². The van der Waals surface area contributed by atoms with E-state index in [1.807, 2.05) is 22.7 Å². The van der Waals surface area contributed by atoms with Crippen molar-refractivity contribution in [2.45, 2.75) is 18.6 Å². The molecule has 84 valence electrons. The van der Waals surface area contributed by atoms with Crippen molar-refractivity contribution >= 4 is 23.4 Å². The number of nitrogens with zero attached hydrogens (tertiary/aromatic N) is 1. The highest BCUT2D eigenvalue weighted by Crippen LogP contribution is 2.35. The molecule has 1 fully saturated rings. The summed E-state index contributed by atoms with van der Waals surface area (Å²) in [7, 11) is 0. The lowest BCUT2D eigenvalue weighted by molar-refractivity contribution is -0.119. The summed E-state index contributed by atoms with van der Waals surface area (Å²) in [5, 5.41) is 0. The fourth-order valence-electron chi connectivity index (χ4n) is 2.13. The molecule has 0 aromatic heterocycles. The maximum absolute atomic E-state index is 12.2. The Morgan fingerprint density at radius 1 is 1.31 bits per heavy atom. The monoisotopic (exact) mass is 233 g/mol. The molecule has 1 aliphatic heterocycles. The summed E-state index contributed by atoms with van der Waals surface area (Å²) >= 11 is 1.92. The van der Waals surface area contributed by atoms with Gasteiger partial charge in [-0.15, -0.1) is 0 Å². The molecular formula is C13H15NOS. The number of hydrogen-bond acceptors (Lipinski definition) is 2. The van der Waals surface area contributed by atoms with Gasteiger partial charge in [0.05, 0.1) is 0 Å². The van der Waals surface area contributed by atoms with Crippen LogP contribution in [0.3, 0.4) is 0 Å². The topological polar surface area (TPSA) is 20.3 Å². The Labute approximate surface area is 100 Å². The fourth-order valence-corrected chi connectivity index (χ4v) is 3.05. The molecule has 1 amide bonds. The molecule has 1 heterocycles. The van der Waals surface area contributed by atoms with Gasteiger partial charge >= 0.3 is 0 Å². The summed E-state index contributed by atoms with van der Waals surface area (Å²) in [6, 6.07) is 8.31. The number of amides is 1. The largest absolute Gasteiger partial charge is 0.311 e. The number of benzene rings is 1. The highest BCUT2D eigenvalue weighted by Gasteiger charge is 2.34. The van der Waals surface area contributed by atoms with Gasteiger partial charge in [-0.2, -0.15) is 11.8 Å². The van der Waals surface area contributed by atoms with E-state index in [9.17, 15) is 4.79 Å². The molecule has 1 aliphatic carbocycles. The molecule has 1 aromatic carbocycles. The molecule has 1 aromatic rings. The van der Waals surface area contributed by atoms with E-state index in [0.29, 0.717) is 11.8 Å². The van der Waals surface area contributed by atoms with Crippen molar-refractivity contribution in [3.8, 4) is 0 Å². The van der Waals surface area contributed by atoms with Crippen LogP contribution >= 0.6 is 11.8 Å². The molecule has 0 atom stereocenters. The van der Waals surface area contributed by atoms with Gasteiger partial charge in [0, 0.05) is 29.7 Å². The second kappa shape index (κ2) is 4.13. The maximum atomic E-state index is 12.2. The lowest BCUT2D eigenvalue weighted by Gasteiger charge is -2.22. The molecule has 1 saturated carbocycles. The number of thioether (sulfide) groups is 1. The minimum Gasteiger partial charge on any atom is -0.311 e. The Bertz CT molecular complexity index is 414. The predicted molar refractivity (Wildman–Crippen MR) is 67.7 cm³/mol. The summed E-state index contributed by atoms with van der Waals surface area (Å²) in [4.78, 5) is 14.2. The van der Waals surface area contributed by atoms with Gasteiger partial charge in [0.2, 0.25) is 5.91 Å². The van der Waals surface area contributed by atoms with Crippen molar-refractivity contribution in [3.63, 3.8) is 0 Å². The highest BCUT2D eigenvalue weighted by atomic mass is 32.2. The zero-order chi connectivity index (χ0) is 11.0. The molecule has 0 saturated heterocycles. The third kappa shape index (κ3) is 1.84. The molecule has 2 nitrogen and oxygen atoms in total. The molecule has 0 unspecified atom stereocenters. The number of anilines is 1. The normalized spacial score (nSPS) is 20.1. The number of para-hydroxylation sites is 1. The van der Waals surface area contributed by atoms with Crippen LogP contribution < -0.4 is 4.90 Å². The Morgan fingerprint density at radius 3 is 2.94 bits per heavy atom. The highest BCUT2D eigenvalue weighted by molar-refractivity contribution is 7.98. The molecule has 0 radical (unpaired) electrons. The summed E-state index contributed by atoms with van der Waals surface area (Å²) in [6.45, 7) is 0.872. The van der Waals surface area contributed by atoms with E-state index < -0.39 is 0 Å². The molecule has 0 bridgehead atoms. The van der Waals surface area contributed by atoms with Crippen molar-refractivity contribution in [1.29, 1.82) is 0 Å². The van der Waals surface area contributed by atoms with Crippen LogP contribution in [0.2, 0.25) is 0 Å². The van der Waals surface area contributed by atoms with Gasteiger partial charge in [0.1, 0.15) is 0 Å². The zero-order valence-corrected chi connectivity index (χ0v) is 10.0. The number of carbonyl (C=O) groups is 1. The number of hydrogen-bond donors (Lipinski definition) is 0. The van der Waals surface area contributed by atoms with Gasteiger partial charge in [-0.25, -0.2) is 0 Å². The summed E-state index contributed by atoms with van der Waals surface area (Å²) in [6.07, 6.45) is 2.18. The number of rotatable bonds is 1. The number of carbonyl (C=O) groups excluding carboxylic acids is 1. The van der Waals surface area contributed by atoms with Crippen LogP contribution in [0.4, 0.5) is 5.69 Å². The molecule has 3 heteroatoms. The third-order valence-electron chi connectivity index (χ3n) is 3.19. The van der Waals surface area contributed by atoms with E-state index in [2.05, 4.69) is 18.2 Å². The quantitative estimate of drug-likeness (QED) is 0.743. The first-order chi connectivity index (χ1) is 7.86. The summed E-state index contributed by atoms with van der Waals surface area (Å²) in [5.74, 6) is 2.74. The van der Waals surface area contributed by atoms with Crippen molar-refractivity contribution in [2.24, 2.45) is 5.92 Å². The average Bonchev–Trinajstić information content (AvgIpc) is 3.15. The Balaban J connectivity index is 1.95. The molecule has 3 rings (SSSR count). The molecule has 16 heavy (non-hydrogen) atoms. The van der Waals surface area contributed by atoms with Crippen molar-refractivity contribution in [3.05, 3.63) is 29.8 Å². The first-order valence-corrected chi connectivity index (χ1v) is 6.99. The minimum absolute atomic E-state index is 0.316. The second-order valence-corrected chi connectivity index (χ2v) is 5.55. The average molecular weight is 233 g/mol. The maximum Gasteiger partial charge on any atom is 0.230 e. The molecular weight excluding hydrogens is 218 g/mol. The second-order valence-electron chi connectivity index (χ2n) is 4.45. The molecule has 0 N–H and O–H groups in total. The minimum atomic E-state index is 0.316. The van der Waals surface area contributed by atoms with Gasteiger partial charge in [-0.05, 0) is 24.5 Å². The molecule has 0 spiro atoms. The van der Waals surface area contributed by atoms with Gasteiger partial charge in [-0.1, -0.05) is 18.2 Å². The zero-order valence-electron chi connectivity index (χ0n) is 9.19. The summed E-state index contributed by atoms with van der Waals surface area (Å²) < 4.78 is 0. The Kier molecular flexibility index (Phi) is 2.64. The Morgan fingerprint density at radius 2 is 2.12 bits per heavy atom. The van der Waals surface area contributed by atoms with Gasteiger partial charge in [-0.3, -0.25) is 4.79 Å². The first kappa shape index (κ1) is 10.2. The lowest BCUT2D eigenvalue weighted by atomic mass is 10.1. The SMILES string of the molecule is O=C(C1CC1)N1CCSCc2ccccc21. The predicted octanol–water partition coefficient (Wildman–Crippen LogP) is 2.68. The van der Waals surface area contributed by atoms with Gasteiger partial charge in [0.15, 0.2) is 0 Å². The first-order valence-electron chi connectivity index (χ1n) is 5.83. The lowest BCUT2D eigenvalue weighted by Crippen LogP contribution is -2.33. The van der Waals surface area contributed by atoms with Crippen LogP contribution in [-0.2, 0) is 10.5 Å². The van der Waals surface area contributed by atoms with Crippen LogP contribution in [0.25, 0.3) is 0 Å². The number of fused-ring (bicyclic) bond motifs is 1. The van der Waals surface area contributed by atoms with Gasteiger partial charge < -0.3 is 4.90 Å². The van der Waals surface area contributed by atoms with Crippen LogP contribution in [0, 0.1) is 5.92 Å². The van der Waals surface area contributed by atoms with E-state index in [0.717, 1.165) is 36.6 Å². The molecule has 2 aliphatic rings. The van der Waals surface area contributed by atoms with Crippen LogP contribution in [0.1, 0.15) is 18.4 Å². The van der Waals surface area contributed by atoms with E-state index in [4.69, 9.17) is 0 Å². The third-order valence-corrected chi connectivity index (χ3v) is 4.18. The van der Waals surface area contributed by atoms with Crippen LogP contribution in [0.15, 0.2) is 24.3 Å². The van der Waals surface area contributed by atoms with E-state index in [1.165, 1.54) is 5.56 Å². The standard InChI is InChI=1S/C13H15NOS/c15-13(10-5-6-10)14-7-8-16-9-11-3-1-2-4-12(11)14/h1-4,10H,5-9H2. The van der Waals surface area contributed by atoms with Crippen LogP contribution in [-0.4, -0.2) is 18.2 Å². The van der Waals surface area contributed by atoms with Crippen molar-refractivity contribution in [2.75, 3.05) is 17.2 Å². The van der Waals surface area contributed by atoms with Crippen molar-refractivity contribution < 1.29 is 4.79 Å². The fraction of sp³-hybridized carbons (Fsp3) is 0.462. The Hall–Kier alpha value is -0.960. The van der Waals surface area contributed by atoms with Crippen LogP contribution in [0.5, 0.6) is 0 Å².